The van der Waals surface area contributed by atoms with Crippen LogP contribution in [-0.2, 0) is 34.1 Å². The van der Waals surface area contributed by atoms with Crippen molar-refractivity contribution >= 4 is 54.6 Å². The van der Waals surface area contributed by atoms with Gasteiger partial charge in [0.05, 0.1) is 56.9 Å². The Morgan fingerprint density at radius 3 is 1.58 bits per heavy atom. The summed E-state index contributed by atoms with van der Waals surface area (Å²) < 4.78 is 16.8. The first kappa shape index (κ1) is 48.2. The van der Waals surface area contributed by atoms with E-state index < -0.39 is 5.41 Å². The Bertz CT molecular complexity index is 4380. The number of pyridine rings is 1. The van der Waals surface area contributed by atoms with E-state index in [0.29, 0.717) is 0 Å². The van der Waals surface area contributed by atoms with Crippen molar-refractivity contribution in [2.75, 3.05) is 0 Å². The third-order valence-corrected chi connectivity index (χ3v) is 17.2. The average Bonchev–Trinajstić information content (AvgIpc) is 2.85. The molecule has 386 valence electrons. The molecule has 14 rings (SSSR count). The van der Waals surface area contributed by atoms with Gasteiger partial charge in [-0.3, -0.25) is 4.57 Å². The second-order valence-electron chi connectivity index (χ2n) is 26.3. The highest BCUT2D eigenvalue weighted by molar-refractivity contribution is 6.13. The van der Waals surface area contributed by atoms with Crippen LogP contribution in [0.5, 0.6) is 11.5 Å². The van der Waals surface area contributed by atoms with Gasteiger partial charge in [0.2, 0.25) is 6.33 Å². The third-order valence-electron chi connectivity index (χ3n) is 17.2. The molecule has 4 aromatic heterocycles. The molecule has 0 radical (unpaired) electrons. The summed E-state index contributed by atoms with van der Waals surface area (Å²) in [5.74, 6) is 2.32. The summed E-state index contributed by atoms with van der Waals surface area (Å²) in [6.45, 7) is 28.6. The van der Waals surface area contributed by atoms with Gasteiger partial charge in [-0.25, -0.2) is 4.98 Å². The standard InChI is InChI=1S/C72H67N5O/c1-68(2,3)43-35-50-51-36-44(69(4,5)6)38-55(71(10,11)12)66(51)72(65(50)54(37-43)70(7,8)9)52-33-32-45(39-61(52)75-42-74(13)59-30-22-26-53(72)67(59)75)78-63-41-60-49(48-25-16-19-29-58(48)77(60)64-31-20-21-34-73-64)40-62(63)76-56-27-17-14-23-46(56)47-24-15-18-28-57(47)76/h14-41H,1-13H3. The first-order valence-corrected chi connectivity index (χ1v) is 27.8. The number of ether oxygens (including phenoxy) is 1. The highest BCUT2D eigenvalue weighted by Crippen LogP contribution is 2.65. The van der Waals surface area contributed by atoms with E-state index in [0.717, 1.165) is 72.6 Å². The van der Waals surface area contributed by atoms with Gasteiger partial charge in [0.1, 0.15) is 11.6 Å². The quantitative estimate of drug-likeness (QED) is 0.130. The van der Waals surface area contributed by atoms with Gasteiger partial charge in [0.25, 0.3) is 0 Å². The normalized spacial score (nSPS) is 14.1. The summed E-state index contributed by atoms with van der Waals surface area (Å²) in [6, 6.07) is 61.0. The van der Waals surface area contributed by atoms with Crippen LogP contribution in [-0.4, -0.2) is 18.7 Å². The Morgan fingerprint density at radius 2 is 1.03 bits per heavy atom. The van der Waals surface area contributed by atoms with Crippen molar-refractivity contribution in [3.05, 3.63) is 221 Å². The Balaban J connectivity index is 1.10. The maximum Gasteiger partial charge on any atom is 0.244 e. The first-order valence-electron chi connectivity index (χ1n) is 27.8. The monoisotopic (exact) mass is 1020 g/mol. The minimum absolute atomic E-state index is 0.0827. The minimum atomic E-state index is -0.706. The van der Waals surface area contributed by atoms with E-state index in [1.807, 2.05) is 12.3 Å². The number of aryl methyl sites for hydroxylation is 1. The second-order valence-corrected chi connectivity index (χ2v) is 26.3. The zero-order valence-corrected chi connectivity index (χ0v) is 47.3. The van der Waals surface area contributed by atoms with Gasteiger partial charge < -0.3 is 18.4 Å². The van der Waals surface area contributed by atoms with Gasteiger partial charge in [0.15, 0.2) is 5.75 Å². The first-order chi connectivity index (χ1) is 37.1. The van der Waals surface area contributed by atoms with E-state index in [2.05, 4.69) is 272 Å². The van der Waals surface area contributed by atoms with Crippen molar-refractivity contribution in [3.63, 3.8) is 0 Å². The molecule has 12 aromatic rings. The molecule has 0 saturated carbocycles. The average molecular weight is 1020 g/mol. The van der Waals surface area contributed by atoms with Gasteiger partial charge >= 0.3 is 0 Å². The number of benzene rings is 8. The number of aromatic nitrogens is 5. The van der Waals surface area contributed by atoms with Crippen molar-refractivity contribution in [2.24, 2.45) is 7.05 Å². The fourth-order valence-electron chi connectivity index (χ4n) is 13.5. The lowest BCUT2D eigenvalue weighted by Gasteiger charge is -2.45. The van der Waals surface area contributed by atoms with Crippen LogP contribution in [0.1, 0.15) is 128 Å². The van der Waals surface area contributed by atoms with Crippen LogP contribution in [0.25, 0.3) is 83.0 Å². The Kier molecular flexibility index (Phi) is 9.99. The van der Waals surface area contributed by atoms with E-state index in [1.54, 1.807) is 0 Å². The molecule has 1 aliphatic carbocycles. The molecule has 0 saturated heterocycles. The Morgan fingerprint density at radius 1 is 0.474 bits per heavy atom. The van der Waals surface area contributed by atoms with Gasteiger partial charge in [-0.05, 0) is 126 Å². The summed E-state index contributed by atoms with van der Waals surface area (Å²) in [6.07, 6.45) is 5.72. The second kappa shape index (κ2) is 16.2. The molecule has 2 aliphatic rings. The van der Waals surface area contributed by atoms with E-state index in [9.17, 15) is 0 Å². The zero-order valence-electron chi connectivity index (χ0n) is 47.3. The molecule has 8 aromatic carbocycles. The lowest BCUT2D eigenvalue weighted by molar-refractivity contribution is -0.649. The summed E-state index contributed by atoms with van der Waals surface area (Å²) in [5, 5.41) is 4.65. The van der Waals surface area contributed by atoms with Gasteiger partial charge in [-0.1, -0.05) is 192 Å². The lowest BCUT2D eigenvalue weighted by atomic mass is 9.60. The van der Waals surface area contributed by atoms with E-state index in [4.69, 9.17) is 9.72 Å². The third kappa shape index (κ3) is 6.74. The van der Waals surface area contributed by atoms with Crippen molar-refractivity contribution in [3.8, 4) is 39.8 Å². The molecule has 0 N–H and O–H groups in total. The molecule has 6 heteroatoms. The van der Waals surface area contributed by atoms with Crippen LogP contribution < -0.4 is 9.30 Å². The molecule has 0 bridgehead atoms. The molecule has 78 heavy (non-hydrogen) atoms. The van der Waals surface area contributed by atoms with Crippen LogP contribution in [0.4, 0.5) is 0 Å². The largest absolute Gasteiger partial charge is 0.456 e. The summed E-state index contributed by atoms with van der Waals surface area (Å²) in [4.78, 5) is 4.93. The molecule has 5 heterocycles. The zero-order chi connectivity index (χ0) is 54.2. The number of hydrogen-bond donors (Lipinski definition) is 0. The molecule has 0 fully saturated rings. The number of rotatable bonds is 4. The molecular weight excluding hydrogens is 951 g/mol. The Labute approximate surface area is 458 Å². The van der Waals surface area contributed by atoms with Crippen LogP contribution in [0.15, 0.2) is 170 Å². The number of fused-ring (bicyclic) bond motifs is 15. The molecule has 0 unspecified atom stereocenters. The van der Waals surface area contributed by atoms with E-state index in [-0.39, 0.29) is 21.7 Å². The summed E-state index contributed by atoms with van der Waals surface area (Å²) in [5.41, 5.74) is 20.7. The maximum atomic E-state index is 7.65. The maximum absolute atomic E-state index is 7.65. The number of imidazole rings is 1. The van der Waals surface area contributed by atoms with Gasteiger partial charge in [-0.15, -0.1) is 0 Å². The van der Waals surface area contributed by atoms with Crippen LogP contribution in [0, 0.1) is 6.33 Å². The molecule has 1 spiro atoms. The molecular formula is C72H67N5O. The molecule has 0 amide bonds. The number of hydrogen-bond acceptors (Lipinski definition) is 2. The highest BCUT2D eigenvalue weighted by Gasteiger charge is 2.54. The van der Waals surface area contributed by atoms with Crippen molar-refractivity contribution in [1.29, 1.82) is 0 Å². The smallest absolute Gasteiger partial charge is 0.244 e. The van der Waals surface area contributed by atoms with Gasteiger partial charge in [-0.2, -0.15) is 0 Å². The van der Waals surface area contributed by atoms with Crippen LogP contribution in [0.2, 0.25) is 0 Å². The minimum Gasteiger partial charge on any atom is -0.456 e. The van der Waals surface area contributed by atoms with Crippen LogP contribution >= 0.6 is 0 Å². The fraction of sp³-hybridized carbons (Fsp3) is 0.250. The number of nitrogens with zero attached hydrogens (tertiary/aromatic N) is 5. The van der Waals surface area contributed by atoms with E-state index in [1.165, 1.54) is 66.4 Å². The predicted octanol–water partition coefficient (Wildman–Crippen LogP) is 17.5. The van der Waals surface area contributed by atoms with Crippen LogP contribution in [0.3, 0.4) is 0 Å². The van der Waals surface area contributed by atoms with E-state index >= 15 is 0 Å². The highest BCUT2D eigenvalue weighted by atomic mass is 16.5. The van der Waals surface area contributed by atoms with Crippen molar-refractivity contribution < 1.29 is 9.30 Å². The molecule has 1 aliphatic heterocycles. The fourth-order valence-corrected chi connectivity index (χ4v) is 13.5. The van der Waals surface area contributed by atoms with Gasteiger partial charge in [0, 0.05) is 33.8 Å². The SMILES string of the molecule is C[n+]1[c-]n2c3c(cccc31)C1(c3ccc(Oc4cc5c(cc4-n4c6ccccc6c6ccccc64)c4ccccc4n5-c4ccccn4)cc3-2)c2c(cc(C(C)(C)C)cc2C(C)(C)C)-c2cc(C(C)(C)C)cc(C(C)(C)C)c21. The molecule has 6 nitrogen and oxygen atoms in total. The lowest BCUT2D eigenvalue weighted by Crippen LogP contribution is -2.38. The van der Waals surface area contributed by atoms with Crippen molar-refractivity contribution in [1.82, 2.24) is 18.7 Å². The summed E-state index contributed by atoms with van der Waals surface area (Å²) in [7, 11) is 2.14. The molecule has 0 atom stereocenters. The predicted molar refractivity (Wildman–Crippen MR) is 322 cm³/mol. The summed E-state index contributed by atoms with van der Waals surface area (Å²) >= 11 is 0. The number of para-hydroxylation sites is 4. The Hall–Kier alpha value is -8.22. The van der Waals surface area contributed by atoms with Crippen molar-refractivity contribution in [2.45, 2.75) is 110 Å². The topological polar surface area (TPSA) is 40.8 Å².